The van der Waals surface area contributed by atoms with Gasteiger partial charge in [0, 0.05) is 30.3 Å². The molecule has 0 heterocycles. The first-order valence-corrected chi connectivity index (χ1v) is 8.90. The van der Waals surface area contributed by atoms with Gasteiger partial charge in [0.2, 0.25) is 0 Å². The third-order valence-corrected chi connectivity index (χ3v) is 4.26. The molecule has 0 unspecified atom stereocenters. The molecule has 0 saturated heterocycles. The summed E-state index contributed by atoms with van der Waals surface area (Å²) in [5, 5.41) is 16.2. The fourth-order valence-electron chi connectivity index (χ4n) is 2.85. The molecule has 2 rings (SSSR count). The molecule has 0 fully saturated rings. The maximum Gasteiger partial charge on any atom is 0.319 e. The number of benzene rings is 2. The average molecular weight is 369 g/mol. The number of urea groups is 1. The van der Waals surface area contributed by atoms with E-state index in [1.807, 2.05) is 49.3 Å². The summed E-state index contributed by atoms with van der Waals surface area (Å²) in [5.74, 6) is -0.180. The van der Waals surface area contributed by atoms with Crippen molar-refractivity contribution in [1.82, 2.24) is 10.2 Å². The SMILES string of the molecule is CC(=O)c1ccc(NC(=O)NC[C@H](CN(C)C)[C@@H](O)c2ccccc2)cc1. The summed E-state index contributed by atoms with van der Waals surface area (Å²) in [6.45, 7) is 2.45. The van der Waals surface area contributed by atoms with Crippen molar-refractivity contribution < 1.29 is 14.7 Å². The lowest BCUT2D eigenvalue weighted by molar-refractivity contribution is 0.0911. The van der Waals surface area contributed by atoms with E-state index in [0.29, 0.717) is 24.3 Å². The van der Waals surface area contributed by atoms with E-state index in [4.69, 9.17) is 0 Å². The topological polar surface area (TPSA) is 81.7 Å². The summed E-state index contributed by atoms with van der Waals surface area (Å²) in [4.78, 5) is 25.5. The number of anilines is 1. The Morgan fingerprint density at radius 2 is 1.67 bits per heavy atom. The third kappa shape index (κ3) is 6.51. The van der Waals surface area contributed by atoms with E-state index >= 15 is 0 Å². The molecular formula is C21H27N3O3. The van der Waals surface area contributed by atoms with Crippen LogP contribution in [0.4, 0.5) is 10.5 Å². The van der Waals surface area contributed by atoms with Gasteiger partial charge in [-0.25, -0.2) is 4.79 Å². The smallest absolute Gasteiger partial charge is 0.319 e. The fraction of sp³-hybridized carbons (Fsp3) is 0.333. The van der Waals surface area contributed by atoms with Gasteiger partial charge in [0.05, 0.1) is 6.10 Å². The Kier molecular flexibility index (Phi) is 7.52. The summed E-state index contributed by atoms with van der Waals surface area (Å²) in [5.41, 5.74) is 2.02. The molecular weight excluding hydrogens is 342 g/mol. The molecule has 0 aliphatic rings. The van der Waals surface area contributed by atoms with Crippen molar-refractivity contribution in [2.45, 2.75) is 13.0 Å². The maximum absolute atomic E-state index is 12.2. The number of aliphatic hydroxyl groups is 1. The van der Waals surface area contributed by atoms with Crippen LogP contribution in [0.25, 0.3) is 0 Å². The molecule has 27 heavy (non-hydrogen) atoms. The number of Topliss-reactive ketones (excluding diaryl/α,β-unsaturated/α-hetero) is 1. The van der Waals surface area contributed by atoms with E-state index in [1.54, 1.807) is 24.3 Å². The second-order valence-corrected chi connectivity index (χ2v) is 6.85. The largest absolute Gasteiger partial charge is 0.388 e. The Morgan fingerprint density at radius 1 is 1.04 bits per heavy atom. The minimum Gasteiger partial charge on any atom is -0.388 e. The van der Waals surface area contributed by atoms with Gasteiger partial charge in [-0.05, 0) is 50.8 Å². The Balaban J connectivity index is 1.95. The maximum atomic E-state index is 12.2. The highest BCUT2D eigenvalue weighted by Gasteiger charge is 2.22. The normalized spacial score (nSPS) is 13.1. The second-order valence-electron chi connectivity index (χ2n) is 6.85. The summed E-state index contributed by atoms with van der Waals surface area (Å²) < 4.78 is 0. The summed E-state index contributed by atoms with van der Waals surface area (Å²) in [6.07, 6.45) is -0.677. The lowest BCUT2D eigenvalue weighted by Crippen LogP contribution is -2.39. The molecule has 0 aromatic heterocycles. The van der Waals surface area contributed by atoms with Crippen LogP contribution < -0.4 is 10.6 Å². The first kappa shape index (κ1) is 20.6. The minimum absolute atomic E-state index is 0.0209. The fourth-order valence-corrected chi connectivity index (χ4v) is 2.85. The number of rotatable bonds is 8. The van der Waals surface area contributed by atoms with Crippen LogP contribution >= 0.6 is 0 Å². The van der Waals surface area contributed by atoms with Crippen LogP contribution in [0.5, 0.6) is 0 Å². The van der Waals surface area contributed by atoms with E-state index in [9.17, 15) is 14.7 Å². The van der Waals surface area contributed by atoms with E-state index < -0.39 is 6.10 Å². The van der Waals surface area contributed by atoms with Crippen molar-refractivity contribution in [3.8, 4) is 0 Å². The molecule has 0 aliphatic carbocycles. The molecule has 2 aromatic rings. The zero-order chi connectivity index (χ0) is 19.8. The average Bonchev–Trinajstić information content (AvgIpc) is 2.65. The van der Waals surface area contributed by atoms with Crippen LogP contribution in [0, 0.1) is 5.92 Å². The van der Waals surface area contributed by atoms with Gasteiger partial charge in [-0.15, -0.1) is 0 Å². The molecule has 0 saturated carbocycles. The van der Waals surface area contributed by atoms with Crippen molar-refractivity contribution in [1.29, 1.82) is 0 Å². The van der Waals surface area contributed by atoms with Crippen molar-refractivity contribution in [2.24, 2.45) is 5.92 Å². The highest BCUT2D eigenvalue weighted by molar-refractivity contribution is 5.95. The molecule has 0 bridgehead atoms. The number of aliphatic hydroxyl groups excluding tert-OH is 1. The third-order valence-electron chi connectivity index (χ3n) is 4.26. The molecule has 6 nitrogen and oxygen atoms in total. The molecule has 0 aliphatic heterocycles. The number of carbonyl (C=O) groups excluding carboxylic acids is 2. The number of amides is 2. The highest BCUT2D eigenvalue weighted by atomic mass is 16.3. The van der Waals surface area contributed by atoms with Gasteiger partial charge in [-0.1, -0.05) is 30.3 Å². The van der Waals surface area contributed by atoms with Gasteiger partial charge in [-0.2, -0.15) is 0 Å². The van der Waals surface area contributed by atoms with Crippen molar-refractivity contribution in [3.63, 3.8) is 0 Å². The van der Waals surface area contributed by atoms with Crippen molar-refractivity contribution >= 4 is 17.5 Å². The standard InChI is InChI=1S/C21H27N3O3/c1-15(25)16-9-11-19(12-10-16)23-21(27)22-13-18(14-24(2)3)20(26)17-7-5-4-6-8-17/h4-12,18,20,26H,13-14H2,1-3H3,(H2,22,23,27)/t18-,20+/m1/s1. The molecule has 2 atom stereocenters. The highest BCUT2D eigenvalue weighted by Crippen LogP contribution is 2.22. The Hall–Kier alpha value is -2.70. The summed E-state index contributed by atoms with van der Waals surface area (Å²) >= 11 is 0. The predicted octanol–water partition coefficient (Wildman–Crippen LogP) is 2.92. The van der Waals surface area contributed by atoms with Crippen LogP contribution in [0.2, 0.25) is 0 Å². The lowest BCUT2D eigenvalue weighted by atomic mass is 9.95. The van der Waals surface area contributed by atoms with Gasteiger partial charge in [0.25, 0.3) is 0 Å². The van der Waals surface area contributed by atoms with E-state index in [-0.39, 0.29) is 17.7 Å². The van der Waals surface area contributed by atoms with E-state index in [0.717, 1.165) is 5.56 Å². The van der Waals surface area contributed by atoms with Gasteiger partial charge >= 0.3 is 6.03 Å². The number of carbonyl (C=O) groups is 2. The van der Waals surface area contributed by atoms with Crippen LogP contribution in [0.1, 0.15) is 28.9 Å². The minimum atomic E-state index is -0.677. The second kappa shape index (κ2) is 9.85. The molecule has 0 radical (unpaired) electrons. The quantitative estimate of drug-likeness (QED) is 0.625. The lowest BCUT2D eigenvalue weighted by Gasteiger charge is -2.26. The monoisotopic (exact) mass is 369 g/mol. The van der Waals surface area contributed by atoms with Crippen LogP contribution in [-0.4, -0.2) is 49.0 Å². The first-order valence-electron chi connectivity index (χ1n) is 8.90. The predicted molar refractivity (Wildman–Crippen MR) is 107 cm³/mol. The van der Waals surface area contributed by atoms with Gasteiger partial charge in [-0.3, -0.25) is 4.79 Å². The van der Waals surface area contributed by atoms with Crippen molar-refractivity contribution in [3.05, 3.63) is 65.7 Å². The van der Waals surface area contributed by atoms with Crippen molar-refractivity contribution in [2.75, 3.05) is 32.5 Å². The van der Waals surface area contributed by atoms with Gasteiger partial charge < -0.3 is 20.6 Å². The Labute approximate surface area is 160 Å². The Morgan fingerprint density at radius 3 is 2.22 bits per heavy atom. The number of ketones is 1. The molecule has 3 N–H and O–H groups in total. The van der Waals surface area contributed by atoms with Crippen LogP contribution in [-0.2, 0) is 0 Å². The molecule has 0 spiro atoms. The zero-order valence-corrected chi connectivity index (χ0v) is 16.0. The number of hydrogen-bond donors (Lipinski definition) is 3. The van der Waals surface area contributed by atoms with Crippen LogP contribution in [0.15, 0.2) is 54.6 Å². The van der Waals surface area contributed by atoms with E-state index in [1.165, 1.54) is 6.92 Å². The number of hydrogen-bond acceptors (Lipinski definition) is 4. The van der Waals surface area contributed by atoms with Gasteiger partial charge in [0.1, 0.15) is 0 Å². The number of nitrogens with one attached hydrogen (secondary N) is 2. The molecule has 144 valence electrons. The Bertz CT molecular complexity index is 745. The summed E-state index contributed by atoms with van der Waals surface area (Å²) in [7, 11) is 3.86. The molecule has 2 amide bonds. The zero-order valence-electron chi connectivity index (χ0n) is 16.0. The first-order chi connectivity index (χ1) is 12.9. The molecule has 2 aromatic carbocycles. The summed E-state index contributed by atoms with van der Waals surface area (Å²) in [6, 6.07) is 15.8. The molecule has 6 heteroatoms. The number of nitrogens with zero attached hydrogens (tertiary/aromatic N) is 1. The van der Waals surface area contributed by atoms with Crippen LogP contribution in [0.3, 0.4) is 0 Å². The van der Waals surface area contributed by atoms with E-state index in [2.05, 4.69) is 10.6 Å². The van der Waals surface area contributed by atoms with Gasteiger partial charge in [0.15, 0.2) is 5.78 Å².